The molecule has 0 fully saturated rings. The average molecular weight is 306 g/mol. The van der Waals surface area contributed by atoms with Crippen LogP contribution >= 0.6 is 0 Å². The fraction of sp³-hybridized carbons (Fsp3) is 0.600. The third kappa shape index (κ3) is 7.20. The van der Waals surface area contributed by atoms with Gasteiger partial charge in [-0.05, 0) is 0 Å². The molecular formula is C10H18N4O7. The second-order valence-corrected chi connectivity index (χ2v) is 3.87. The zero-order valence-corrected chi connectivity index (χ0v) is 11.0. The van der Waals surface area contributed by atoms with E-state index in [0.717, 1.165) is 0 Å². The SMILES string of the molecule is NCC(=O)NCC(=O)NC(CO)C(=O)NC(CO)C(=O)O. The molecule has 0 saturated carbocycles. The largest absolute Gasteiger partial charge is 0.480 e. The highest BCUT2D eigenvalue weighted by Crippen LogP contribution is 1.88. The second kappa shape index (κ2) is 9.63. The first kappa shape index (κ1) is 18.8. The first-order valence-corrected chi connectivity index (χ1v) is 5.86. The van der Waals surface area contributed by atoms with Gasteiger partial charge >= 0.3 is 5.97 Å². The molecule has 0 saturated heterocycles. The average Bonchev–Trinajstić information content (AvgIpc) is 2.46. The molecule has 0 radical (unpaired) electrons. The summed E-state index contributed by atoms with van der Waals surface area (Å²) in [6.07, 6.45) is 0. The molecule has 0 aromatic carbocycles. The van der Waals surface area contributed by atoms with E-state index in [-0.39, 0.29) is 6.54 Å². The fourth-order valence-corrected chi connectivity index (χ4v) is 1.15. The van der Waals surface area contributed by atoms with E-state index in [9.17, 15) is 19.2 Å². The number of aliphatic carboxylic acids is 1. The van der Waals surface area contributed by atoms with Crippen molar-refractivity contribution in [1.29, 1.82) is 0 Å². The molecule has 0 spiro atoms. The lowest BCUT2D eigenvalue weighted by atomic mass is 10.2. The van der Waals surface area contributed by atoms with Gasteiger partial charge in [0.25, 0.3) is 0 Å². The third-order valence-electron chi connectivity index (χ3n) is 2.26. The van der Waals surface area contributed by atoms with Gasteiger partial charge in [0.2, 0.25) is 17.7 Å². The Balaban J connectivity index is 4.42. The quantitative estimate of drug-likeness (QED) is 0.220. The number of aliphatic hydroxyl groups is 2. The van der Waals surface area contributed by atoms with Gasteiger partial charge in [-0.3, -0.25) is 14.4 Å². The molecule has 2 unspecified atom stereocenters. The van der Waals surface area contributed by atoms with Crippen molar-refractivity contribution in [2.45, 2.75) is 12.1 Å². The molecule has 0 aliphatic heterocycles. The number of carbonyl (C=O) groups is 4. The van der Waals surface area contributed by atoms with Gasteiger partial charge in [0.1, 0.15) is 12.1 Å². The topological polar surface area (TPSA) is 191 Å². The zero-order chi connectivity index (χ0) is 16.4. The number of nitrogens with one attached hydrogen (secondary N) is 3. The Bertz CT molecular complexity index is 401. The maximum atomic E-state index is 11.6. The molecule has 2 atom stereocenters. The van der Waals surface area contributed by atoms with Crippen molar-refractivity contribution in [3.8, 4) is 0 Å². The van der Waals surface area contributed by atoms with E-state index in [0.29, 0.717) is 0 Å². The van der Waals surface area contributed by atoms with Crippen molar-refractivity contribution < 1.29 is 34.5 Å². The summed E-state index contributed by atoms with van der Waals surface area (Å²) in [4.78, 5) is 44.5. The van der Waals surface area contributed by atoms with Crippen LogP contribution in [0.15, 0.2) is 0 Å². The summed E-state index contributed by atoms with van der Waals surface area (Å²) < 4.78 is 0. The van der Waals surface area contributed by atoms with Gasteiger partial charge in [-0.15, -0.1) is 0 Å². The Labute approximate surface area is 119 Å². The van der Waals surface area contributed by atoms with E-state index < -0.39 is 55.5 Å². The molecule has 0 aliphatic carbocycles. The molecule has 0 rings (SSSR count). The standard InChI is InChI=1S/C10H18N4O7/c11-1-7(17)12-2-8(18)13-5(3-15)9(19)14-6(4-16)10(20)21/h5-6,15-16H,1-4,11H2,(H,12,17)(H,13,18)(H,14,19)(H,20,21). The van der Waals surface area contributed by atoms with Gasteiger partial charge in [0.15, 0.2) is 0 Å². The van der Waals surface area contributed by atoms with Crippen LogP contribution in [0.2, 0.25) is 0 Å². The number of amides is 3. The third-order valence-corrected chi connectivity index (χ3v) is 2.26. The molecule has 11 heteroatoms. The highest BCUT2D eigenvalue weighted by atomic mass is 16.4. The maximum Gasteiger partial charge on any atom is 0.328 e. The first-order valence-electron chi connectivity index (χ1n) is 5.86. The Morgan fingerprint density at radius 3 is 1.95 bits per heavy atom. The van der Waals surface area contributed by atoms with Crippen LogP contribution in [0.25, 0.3) is 0 Å². The van der Waals surface area contributed by atoms with Crippen LogP contribution in [-0.4, -0.2) is 77.4 Å². The predicted molar refractivity (Wildman–Crippen MR) is 67.7 cm³/mol. The highest BCUT2D eigenvalue weighted by molar-refractivity contribution is 5.92. The molecule has 120 valence electrons. The summed E-state index contributed by atoms with van der Waals surface area (Å²) in [6.45, 7) is -2.41. The van der Waals surface area contributed by atoms with E-state index in [2.05, 4.69) is 10.6 Å². The monoisotopic (exact) mass is 306 g/mol. The number of rotatable bonds is 9. The maximum absolute atomic E-state index is 11.6. The van der Waals surface area contributed by atoms with E-state index in [4.69, 9.17) is 21.1 Å². The minimum atomic E-state index is -1.56. The van der Waals surface area contributed by atoms with Crippen LogP contribution in [0.4, 0.5) is 0 Å². The minimum Gasteiger partial charge on any atom is -0.480 e. The Morgan fingerprint density at radius 2 is 1.52 bits per heavy atom. The number of carbonyl (C=O) groups excluding carboxylic acids is 3. The summed E-state index contributed by atoms with van der Waals surface area (Å²) >= 11 is 0. The number of hydrogen-bond donors (Lipinski definition) is 7. The summed E-state index contributed by atoms with van der Waals surface area (Å²) in [7, 11) is 0. The van der Waals surface area contributed by atoms with Gasteiger partial charge < -0.3 is 37.0 Å². The molecule has 0 aliphatic rings. The molecule has 21 heavy (non-hydrogen) atoms. The number of carboxylic acid groups (broad SMARTS) is 1. The van der Waals surface area contributed by atoms with E-state index in [1.165, 1.54) is 0 Å². The Morgan fingerprint density at radius 1 is 0.952 bits per heavy atom. The van der Waals surface area contributed by atoms with Gasteiger partial charge in [-0.25, -0.2) is 4.79 Å². The molecular weight excluding hydrogens is 288 g/mol. The lowest BCUT2D eigenvalue weighted by molar-refractivity contribution is -0.143. The van der Waals surface area contributed by atoms with Crippen LogP contribution in [0.3, 0.4) is 0 Å². The van der Waals surface area contributed by atoms with Crippen LogP contribution in [-0.2, 0) is 19.2 Å². The summed E-state index contributed by atoms with van der Waals surface area (Å²) in [6, 6.07) is -2.97. The number of nitrogens with two attached hydrogens (primary N) is 1. The molecule has 0 aromatic rings. The molecule has 11 nitrogen and oxygen atoms in total. The number of hydrogen-bond acceptors (Lipinski definition) is 7. The Kier molecular flexibility index (Phi) is 8.60. The predicted octanol–water partition coefficient (Wildman–Crippen LogP) is -4.90. The van der Waals surface area contributed by atoms with E-state index in [1.54, 1.807) is 0 Å². The molecule has 8 N–H and O–H groups in total. The van der Waals surface area contributed by atoms with Crippen molar-refractivity contribution in [3.63, 3.8) is 0 Å². The zero-order valence-electron chi connectivity index (χ0n) is 11.0. The number of carboxylic acids is 1. The lowest BCUT2D eigenvalue weighted by Crippen LogP contribution is -2.55. The number of aliphatic hydroxyl groups excluding tert-OH is 2. The summed E-state index contributed by atoms with van der Waals surface area (Å²) in [5.74, 6) is -3.82. The van der Waals surface area contributed by atoms with Crippen LogP contribution in [0, 0.1) is 0 Å². The van der Waals surface area contributed by atoms with Crippen molar-refractivity contribution >= 4 is 23.7 Å². The summed E-state index contributed by atoms with van der Waals surface area (Å²) in [5, 5.41) is 32.6. The van der Waals surface area contributed by atoms with Gasteiger partial charge in [0.05, 0.1) is 26.3 Å². The van der Waals surface area contributed by atoms with Crippen LogP contribution in [0.5, 0.6) is 0 Å². The lowest BCUT2D eigenvalue weighted by Gasteiger charge is -2.18. The normalized spacial score (nSPS) is 12.9. The molecule has 0 heterocycles. The van der Waals surface area contributed by atoms with Crippen LogP contribution < -0.4 is 21.7 Å². The van der Waals surface area contributed by atoms with Crippen LogP contribution in [0.1, 0.15) is 0 Å². The van der Waals surface area contributed by atoms with Gasteiger partial charge in [0, 0.05) is 0 Å². The van der Waals surface area contributed by atoms with Crippen molar-refractivity contribution in [1.82, 2.24) is 16.0 Å². The van der Waals surface area contributed by atoms with Gasteiger partial charge in [-0.2, -0.15) is 0 Å². The highest BCUT2D eigenvalue weighted by Gasteiger charge is 2.25. The minimum absolute atomic E-state index is 0.312. The fourth-order valence-electron chi connectivity index (χ4n) is 1.15. The van der Waals surface area contributed by atoms with Crippen molar-refractivity contribution in [3.05, 3.63) is 0 Å². The Hall–Kier alpha value is -2.24. The summed E-state index contributed by atoms with van der Waals surface area (Å²) in [5.41, 5.74) is 5.01. The van der Waals surface area contributed by atoms with Crippen molar-refractivity contribution in [2.24, 2.45) is 5.73 Å². The smallest absolute Gasteiger partial charge is 0.328 e. The van der Waals surface area contributed by atoms with Crippen molar-refractivity contribution in [2.75, 3.05) is 26.3 Å². The molecule has 0 aromatic heterocycles. The molecule has 0 bridgehead atoms. The van der Waals surface area contributed by atoms with Gasteiger partial charge in [-0.1, -0.05) is 0 Å². The second-order valence-electron chi connectivity index (χ2n) is 3.87. The first-order chi connectivity index (χ1) is 9.85. The van der Waals surface area contributed by atoms with E-state index in [1.807, 2.05) is 5.32 Å². The van der Waals surface area contributed by atoms with E-state index >= 15 is 0 Å². The molecule has 3 amide bonds.